The van der Waals surface area contributed by atoms with Crippen LogP contribution >= 0.6 is 0 Å². The van der Waals surface area contributed by atoms with E-state index in [1.807, 2.05) is 51.1 Å². The van der Waals surface area contributed by atoms with E-state index >= 15 is 0 Å². The maximum absolute atomic E-state index is 5.82. The number of nitrogens with zero attached hydrogens (tertiary/aromatic N) is 2. The molecule has 1 aromatic carbocycles. The summed E-state index contributed by atoms with van der Waals surface area (Å²) in [6, 6.07) is 9.88. The number of aryl methyl sites for hydroxylation is 1. The van der Waals surface area contributed by atoms with Crippen LogP contribution in [0.3, 0.4) is 0 Å². The van der Waals surface area contributed by atoms with Crippen LogP contribution in [0.5, 0.6) is 5.75 Å². The summed E-state index contributed by atoms with van der Waals surface area (Å²) in [5.74, 6) is 1.58. The number of rotatable bonds is 4. The molecule has 108 valence electrons. The lowest BCUT2D eigenvalue weighted by Gasteiger charge is -2.15. The second-order valence-electron chi connectivity index (χ2n) is 5.22. The van der Waals surface area contributed by atoms with Crippen molar-refractivity contribution < 1.29 is 4.74 Å². The first kappa shape index (κ1) is 13.4. The number of fused-ring (bicyclic) bond motifs is 1. The topological polar surface area (TPSA) is 62.8 Å². The summed E-state index contributed by atoms with van der Waals surface area (Å²) < 4.78 is 5.82. The summed E-state index contributed by atoms with van der Waals surface area (Å²) in [6.07, 6.45) is 1.67. The molecule has 3 aromatic rings. The van der Waals surface area contributed by atoms with Gasteiger partial charge in [-0.1, -0.05) is 12.1 Å². The molecule has 0 saturated heterocycles. The molecule has 0 saturated carbocycles. The Hall–Kier alpha value is -2.56. The first-order chi connectivity index (χ1) is 10.1. The smallest absolute Gasteiger partial charge is 0.143 e. The van der Waals surface area contributed by atoms with Crippen molar-refractivity contribution in [2.75, 3.05) is 5.32 Å². The Bertz CT molecular complexity index is 764. The van der Waals surface area contributed by atoms with Crippen molar-refractivity contribution >= 4 is 22.5 Å². The van der Waals surface area contributed by atoms with Gasteiger partial charge in [0.15, 0.2) is 0 Å². The number of ether oxygens (including phenoxy) is 1. The molecule has 2 heterocycles. The molecule has 0 atom stereocenters. The van der Waals surface area contributed by atoms with Crippen LogP contribution in [-0.4, -0.2) is 21.1 Å². The molecule has 0 fully saturated rings. The predicted molar refractivity (Wildman–Crippen MR) is 84.1 cm³/mol. The van der Waals surface area contributed by atoms with Gasteiger partial charge in [-0.05, 0) is 39.0 Å². The third kappa shape index (κ3) is 2.81. The van der Waals surface area contributed by atoms with Crippen molar-refractivity contribution in [2.45, 2.75) is 26.9 Å². The zero-order valence-corrected chi connectivity index (χ0v) is 12.3. The second-order valence-corrected chi connectivity index (χ2v) is 5.22. The number of para-hydroxylation sites is 2. The van der Waals surface area contributed by atoms with Gasteiger partial charge in [-0.15, -0.1) is 0 Å². The fraction of sp³-hybridized carbons (Fsp3) is 0.250. The van der Waals surface area contributed by atoms with Crippen molar-refractivity contribution in [3.8, 4) is 5.75 Å². The third-order valence-corrected chi connectivity index (χ3v) is 3.06. The first-order valence-corrected chi connectivity index (χ1v) is 6.96. The van der Waals surface area contributed by atoms with Gasteiger partial charge in [0.1, 0.15) is 23.5 Å². The van der Waals surface area contributed by atoms with Crippen molar-refractivity contribution in [3.63, 3.8) is 0 Å². The molecule has 3 rings (SSSR count). The summed E-state index contributed by atoms with van der Waals surface area (Å²) in [6.45, 7) is 6.02. The SMILES string of the molecule is Cc1cc2c(Nc3ccccc3OC(C)C)ncnc2[nH]1. The highest BCUT2D eigenvalue weighted by molar-refractivity contribution is 5.90. The first-order valence-electron chi connectivity index (χ1n) is 6.96. The molecule has 0 aliphatic rings. The quantitative estimate of drug-likeness (QED) is 0.764. The number of hydrogen-bond donors (Lipinski definition) is 2. The molecule has 5 heteroatoms. The number of hydrogen-bond acceptors (Lipinski definition) is 4. The Labute approximate surface area is 123 Å². The third-order valence-electron chi connectivity index (χ3n) is 3.06. The Morgan fingerprint density at radius 2 is 2.00 bits per heavy atom. The Kier molecular flexibility index (Phi) is 3.48. The summed E-state index contributed by atoms with van der Waals surface area (Å²) in [5.41, 5.74) is 2.78. The van der Waals surface area contributed by atoms with E-state index in [-0.39, 0.29) is 6.10 Å². The van der Waals surface area contributed by atoms with Crippen LogP contribution in [0.2, 0.25) is 0 Å². The molecular weight excluding hydrogens is 264 g/mol. The number of aromatic nitrogens is 3. The highest BCUT2D eigenvalue weighted by Gasteiger charge is 2.10. The lowest BCUT2D eigenvalue weighted by molar-refractivity contribution is 0.244. The average molecular weight is 282 g/mol. The monoisotopic (exact) mass is 282 g/mol. The zero-order valence-electron chi connectivity index (χ0n) is 12.3. The minimum absolute atomic E-state index is 0.118. The molecule has 0 amide bonds. The van der Waals surface area contributed by atoms with Crippen LogP contribution < -0.4 is 10.1 Å². The Balaban J connectivity index is 1.99. The van der Waals surface area contributed by atoms with Crippen LogP contribution in [0.25, 0.3) is 11.0 Å². The number of anilines is 2. The van der Waals surface area contributed by atoms with E-state index in [2.05, 4.69) is 20.3 Å². The van der Waals surface area contributed by atoms with E-state index < -0.39 is 0 Å². The molecule has 21 heavy (non-hydrogen) atoms. The predicted octanol–water partition coefficient (Wildman–Crippen LogP) is 3.80. The molecule has 0 spiro atoms. The number of aromatic amines is 1. The van der Waals surface area contributed by atoms with Crippen LogP contribution in [-0.2, 0) is 0 Å². The van der Waals surface area contributed by atoms with Crippen molar-refractivity contribution in [2.24, 2.45) is 0 Å². The minimum atomic E-state index is 0.118. The van der Waals surface area contributed by atoms with E-state index in [1.165, 1.54) is 0 Å². The second kappa shape index (κ2) is 5.44. The van der Waals surface area contributed by atoms with Gasteiger partial charge >= 0.3 is 0 Å². The van der Waals surface area contributed by atoms with Crippen LogP contribution in [0, 0.1) is 6.92 Å². The van der Waals surface area contributed by atoms with E-state index in [4.69, 9.17) is 4.74 Å². The molecule has 0 unspecified atom stereocenters. The summed E-state index contributed by atoms with van der Waals surface area (Å²) >= 11 is 0. The molecule has 0 aliphatic carbocycles. The van der Waals surface area contributed by atoms with E-state index in [0.29, 0.717) is 0 Å². The van der Waals surface area contributed by atoms with Gasteiger partial charge in [-0.2, -0.15) is 0 Å². The van der Waals surface area contributed by atoms with Crippen molar-refractivity contribution in [3.05, 3.63) is 42.4 Å². The van der Waals surface area contributed by atoms with Gasteiger partial charge in [0.05, 0.1) is 17.2 Å². The van der Waals surface area contributed by atoms with Crippen LogP contribution in [0.4, 0.5) is 11.5 Å². The number of nitrogens with one attached hydrogen (secondary N) is 2. The molecule has 0 bridgehead atoms. The minimum Gasteiger partial charge on any atom is -0.489 e. The van der Waals surface area contributed by atoms with Gasteiger partial charge < -0.3 is 15.0 Å². The van der Waals surface area contributed by atoms with Crippen LogP contribution in [0.15, 0.2) is 36.7 Å². The van der Waals surface area contributed by atoms with E-state index in [0.717, 1.165) is 34.0 Å². The molecule has 0 aliphatic heterocycles. The summed E-state index contributed by atoms with van der Waals surface area (Å²) in [7, 11) is 0. The summed E-state index contributed by atoms with van der Waals surface area (Å²) in [4.78, 5) is 11.8. The average Bonchev–Trinajstić information content (AvgIpc) is 2.82. The molecule has 2 N–H and O–H groups in total. The summed E-state index contributed by atoms with van der Waals surface area (Å²) in [5, 5.41) is 4.31. The molecule has 5 nitrogen and oxygen atoms in total. The standard InChI is InChI=1S/C16H18N4O/c1-10(2)21-14-7-5-4-6-13(14)20-16-12-8-11(3)19-15(12)17-9-18-16/h4-10H,1-3H3,(H2,17,18,19,20). The fourth-order valence-electron chi connectivity index (χ4n) is 2.23. The zero-order chi connectivity index (χ0) is 14.8. The molecule has 2 aromatic heterocycles. The van der Waals surface area contributed by atoms with Gasteiger partial charge in [-0.25, -0.2) is 9.97 Å². The lowest BCUT2D eigenvalue weighted by atomic mass is 10.2. The lowest BCUT2D eigenvalue weighted by Crippen LogP contribution is -2.07. The van der Waals surface area contributed by atoms with E-state index in [9.17, 15) is 0 Å². The van der Waals surface area contributed by atoms with Gasteiger partial charge in [0, 0.05) is 5.69 Å². The van der Waals surface area contributed by atoms with Gasteiger partial charge in [0.25, 0.3) is 0 Å². The Morgan fingerprint density at radius 3 is 2.81 bits per heavy atom. The highest BCUT2D eigenvalue weighted by atomic mass is 16.5. The fourth-order valence-corrected chi connectivity index (χ4v) is 2.23. The van der Waals surface area contributed by atoms with Crippen molar-refractivity contribution in [1.82, 2.24) is 15.0 Å². The maximum atomic E-state index is 5.82. The number of benzene rings is 1. The molecular formula is C16H18N4O. The highest BCUT2D eigenvalue weighted by Crippen LogP contribution is 2.30. The molecule has 0 radical (unpaired) electrons. The largest absolute Gasteiger partial charge is 0.489 e. The van der Waals surface area contributed by atoms with Gasteiger partial charge in [0.2, 0.25) is 0 Å². The van der Waals surface area contributed by atoms with Gasteiger partial charge in [-0.3, -0.25) is 0 Å². The van der Waals surface area contributed by atoms with Crippen molar-refractivity contribution in [1.29, 1.82) is 0 Å². The normalized spacial score (nSPS) is 11.0. The number of H-pyrrole nitrogens is 1. The maximum Gasteiger partial charge on any atom is 0.143 e. The van der Waals surface area contributed by atoms with Crippen LogP contribution in [0.1, 0.15) is 19.5 Å². The van der Waals surface area contributed by atoms with E-state index in [1.54, 1.807) is 6.33 Å². The Morgan fingerprint density at radius 1 is 1.19 bits per heavy atom.